The van der Waals surface area contributed by atoms with Crippen LogP contribution in [0.15, 0.2) is 9.95 Å². The summed E-state index contributed by atoms with van der Waals surface area (Å²) in [7, 11) is 0. The van der Waals surface area contributed by atoms with Gasteiger partial charge in [-0.3, -0.25) is 9.59 Å². The summed E-state index contributed by atoms with van der Waals surface area (Å²) < 4.78 is 0. The Morgan fingerprint density at radius 2 is 2.19 bits per heavy atom. The van der Waals surface area contributed by atoms with Crippen LogP contribution < -0.4 is 5.56 Å². The number of nitrogens with one attached hydrogen (secondary N) is 1. The van der Waals surface area contributed by atoms with Crippen molar-refractivity contribution in [3.63, 3.8) is 0 Å². The fourth-order valence-electron chi connectivity index (χ4n) is 1.22. The molecule has 0 spiro atoms. The number of aromatic nitrogens is 2. The summed E-state index contributed by atoms with van der Waals surface area (Å²) in [6.07, 6.45) is -0.291. The molecule has 1 aromatic heterocycles. The Labute approximate surface area is 97.3 Å². The first-order chi connectivity index (χ1) is 7.40. The second-order valence-electron chi connectivity index (χ2n) is 3.67. The largest absolute Gasteiger partial charge is 0.481 e. The lowest BCUT2D eigenvalue weighted by molar-refractivity contribution is -0.136. The third-order valence-electron chi connectivity index (χ3n) is 1.88. The number of hydrogen-bond acceptors (Lipinski definition) is 4. The van der Waals surface area contributed by atoms with E-state index in [1.165, 1.54) is 11.8 Å². The van der Waals surface area contributed by atoms with E-state index in [0.717, 1.165) is 0 Å². The van der Waals surface area contributed by atoms with Gasteiger partial charge in [0, 0.05) is 16.5 Å². The van der Waals surface area contributed by atoms with Crippen LogP contribution in [0.3, 0.4) is 0 Å². The van der Waals surface area contributed by atoms with Crippen molar-refractivity contribution in [2.75, 3.05) is 0 Å². The molecule has 0 unspecified atom stereocenters. The molecule has 0 saturated heterocycles. The van der Waals surface area contributed by atoms with E-state index in [1.807, 2.05) is 13.8 Å². The van der Waals surface area contributed by atoms with E-state index in [9.17, 15) is 9.59 Å². The van der Waals surface area contributed by atoms with Gasteiger partial charge in [-0.25, -0.2) is 4.98 Å². The zero-order chi connectivity index (χ0) is 12.3. The van der Waals surface area contributed by atoms with Crippen LogP contribution in [0.1, 0.15) is 25.1 Å². The number of carboxylic acids is 1. The molecule has 0 saturated carbocycles. The van der Waals surface area contributed by atoms with Crippen molar-refractivity contribution in [3.8, 4) is 0 Å². The molecule has 1 rings (SSSR count). The van der Waals surface area contributed by atoms with Crippen molar-refractivity contribution in [3.05, 3.63) is 21.6 Å². The van der Waals surface area contributed by atoms with Crippen LogP contribution in [0.25, 0.3) is 0 Å². The normalized spacial score (nSPS) is 10.8. The molecule has 5 nitrogen and oxygen atoms in total. The lowest BCUT2D eigenvalue weighted by Crippen LogP contribution is -2.20. The van der Waals surface area contributed by atoms with Crippen molar-refractivity contribution < 1.29 is 9.90 Å². The van der Waals surface area contributed by atoms with Crippen LogP contribution in [0, 0.1) is 6.92 Å². The Kier molecular flexibility index (Phi) is 4.12. The van der Waals surface area contributed by atoms with Gasteiger partial charge in [0.05, 0.1) is 6.42 Å². The number of carboxylic acid groups (broad SMARTS) is 1. The maximum absolute atomic E-state index is 11.6. The Morgan fingerprint density at radius 1 is 1.56 bits per heavy atom. The molecule has 0 amide bonds. The highest BCUT2D eigenvalue weighted by Crippen LogP contribution is 2.17. The standard InChI is InChI=1S/C10H14N2O3S/c1-5(2)16-10-11-6(3)7(4-8(13)14)9(15)12-10/h5H,4H2,1-3H3,(H,13,14)(H,11,12,15). The smallest absolute Gasteiger partial charge is 0.308 e. The number of thioether (sulfide) groups is 1. The third-order valence-corrected chi connectivity index (χ3v) is 2.76. The first-order valence-electron chi connectivity index (χ1n) is 4.88. The van der Waals surface area contributed by atoms with Crippen LogP contribution in [0.5, 0.6) is 0 Å². The number of H-pyrrole nitrogens is 1. The number of aromatic amines is 1. The molecule has 0 aromatic carbocycles. The van der Waals surface area contributed by atoms with Crippen molar-refractivity contribution in [1.29, 1.82) is 0 Å². The number of hydrogen-bond donors (Lipinski definition) is 2. The Balaban J connectivity index is 3.07. The minimum Gasteiger partial charge on any atom is -0.481 e. The number of rotatable bonds is 4. The van der Waals surface area contributed by atoms with Crippen molar-refractivity contribution in [1.82, 2.24) is 9.97 Å². The Morgan fingerprint density at radius 3 is 2.62 bits per heavy atom. The van der Waals surface area contributed by atoms with Gasteiger partial charge in [-0.1, -0.05) is 25.6 Å². The molecule has 0 radical (unpaired) electrons. The number of aliphatic carboxylic acids is 1. The van der Waals surface area contributed by atoms with Crippen molar-refractivity contribution >= 4 is 17.7 Å². The first-order valence-corrected chi connectivity index (χ1v) is 5.76. The summed E-state index contributed by atoms with van der Waals surface area (Å²) in [4.78, 5) is 28.9. The summed E-state index contributed by atoms with van der Waals surface area (Å²) >= 11 is 1.44. The zero-order valence-corrected chi connectivity index (χ0v) is 10.2. The molecule has 6 heteroatoms. The highest BCUT2D eigenvalue weighted by atomic mass is 32.2. The number of carbonyl (C=O) groups is 1. The lowest BCUT2D eigenvalue weighted by Gasteiger charge is -2.06. The molecule has 88 valence electrons. The van der Waals surface area contributed by atoms with Gasteiger partial charge >= 0.3 is 5.97 Å². The van der Waals surface area contributed by atoms with Gasteiger partial charge in [0.2, 0.25) is 0 Å². The second kappa shape index (κ2) is 5.16. The lowest BCUT2D eigenvalue weighted by atomic mass is 10.2. The summed E-state index contributed by atoms with van der Waals surface area (Å²) in [5.41, 5.74) is 0.341. The Hall–Kier alpha value is -1.30. The molecule has 0 aliphatic rings. The van der Waals surface area contributed by atoms with Crippen LogP contribution in [0.2, 0.25) is 0 Å². The van der Waals surface area contributed by atoms with Crippen LogP contribution in [-0.2, 0) is 11.2 Å². The van der Waals surface area contributed by atoms with Gasteiger partial charge in [0.15, 0.2) is 5.16 Å². The van der Waals surface area contributed by atoms with E-state index in [1.54, 1.807) is 6.92 Å². The minimum absolute atomic E-state index is 0.223. The zero-order valence-electron chi connectivity index (χ0n) is 9.40. The molecule has 2 N–H and O–H groups in total. The van der Waals surface area contributed by atoms with Gasteiger partial charge in [-0.15, -0.1) is 0 Å². The quantitative estimate of drug-likeness (QED) is 0.612. The molecular formula is C10H14N2O3S. The molecule has 1 aromatic rings. The Bertz CT molecular complexity index is 454. The van der Waals surface area contributed by atoms with E-state index >= 15 is 0 Å². The predicted octanol–water partition coefficient (Wildman–Crippen LogP) is 1.21. The van der Waals surface area contributed by atoms with Gasteiger partial charge in [0.1, 0.15) is 0 Å². The molecular weight excluding hydrogens is 228 g/mol. The van der Waals surface area contributed by atoms with Crippen LogP contribution in [-0.4, -0.2) is 26.3 Å². The molecule has 0 aliphatic heterocycles. The SMILES string of the molecule is Cc1nc(SC(C)C)[nH]c(=O)c1CC(=O)O. The van der Waals surface area contributed by atoms with Gasteiger partial charge in [-0.05, 0) is 6.92 Å². The highest BCUT2D eigenvalue weighted by molar-refractivity contribution is 7.99. The summed E-state index contributed by atoms with van der Waals surface area (Å²) in [6.45, 7) is 5.63. The molecule has 0 aliphatic carbocycles. The van der Waals surface area contributed by atoms with E-state index in [-0.39, 0.29) is 17.5 Å². The van der Waals surface area contributed by atoms with E-state index in [0.29, 0.717) is 16.1 Å². The van der Waals surface area contributed by atoms with Crippen LogP contribution in [0.4, 0.5) is 0 Å². The predicted molar refractivity (Wildman–Crippen MR) is 61.9 cm³/mol. The van der Waals surface area contributed by atoms with Crippen molar-refractivity contribution in [2.24, 2.45) is 0 Å². The average Bonchev–Trinajstić information content (AvgIpc) is 2.10. The highest BCUT2D eigenvalue weighted by Gasteiger charge is 2.12. The first kappa shape index (κ1) is 12.8. The fraction of sp³-hybridized carbons (Fsp3) is 0.500. The van der Waals surface area contributed by atoms with E-state index < -0.39 is 5.97 Å². The van der Waals surface area contributed by atoms with Gasteiger partial charge in [-0.2, -0.15) is 0 Å². The fourth-order valence-corrected chi connectivity index (χ4v) is 2.01. The maximum atomic E-state index is 11.6. The minimum atomic E-state index is -1.03. The molecule has 1 heterocycles. The maximum Gasteiger partial charge on any atom is 0.308 e. The molecule has 16 heavy (non-hydrogen) atoms. The number of nitrogens with zero attached hydrogens (tertiary/aromatic N) is 1. The monoisotopic (exact) mass is 242 g/mol. The van der Waals surface area contributed by atoms with E-state index in [4.69, 9.17) is 5.11 Å². The summed E-state index contributed by atoms with van der Waals surface area (Å²) in [6, 6.07) is 0. The van der Waals surface area contributed by atoms with Gasteiger partial charge in [0.25, 0.3) is 5.56 Å². The molecule has 0 bridgehead atoms. The van der Waals surface area contributed by atoms with Gasteiger partial charge < -0.3 is 10.1 Å². The average molecular weight is 242 g/mol. The summed E-state index contributed by atoms with van der Waals surface area (Å²) in [5, 5.41) is 9.49. The third kappa shape index (κ3) is 3.37. The summed E-state index contributed by atoms with van der Waals surface area (Å²) in [5.74, 6) is -1.03. The topological polar surface area (TPSA) is 83.0 Å². The van der Waals surface area contributed by atoms with Crippen molar-refractivity contribution in [2.45, 2.75) is 37.6 Å². The second-order valence-corrected chi connectivity index (χ2v) is 5.24. The molecule has 0 atom stereocenters. The van der Waals surface area contributed by atoms with E-state index in [2.05, 4.69) is 9.97 Å². The molecule has 0 fully saturated rings. The number of aryl methyl sites for hydroxylation is 1. The van der Waals surface area contributed by atoms with Crippen LogP contribution >= 0.6 is 11.8 Å².